The number of hydrogen-bond donors (Lipinski definition) is 1. The van der Waals surface area contributed by atoms with E-state index >= 15 is 0 Å². The SMILES string of the molecule is CC(C=CC=O)=C/C(C)=C\O. The highest BCUT2D eigenvalue weighted by molar-refractivity contribution is 5.65. The van der Waals surface area contributed by atoms with Gasteiger partial charge in [-0.3, -0.25) is 4.79 Å². The Morgan fingerprint density at radius 3 is 2.36 bits per heavy atom. The first-order valence-electron chi connectivity index (χ1n) is 3.32. The summed E-state index contributed by atoms with van der Waals surface area (Å²) in [6.45, 7) is 3.63. The first-order chi connectivity index (χ1) is 5.20. The normalized spacial score (nSPS) is 14.0. The number of aldehydes is 1. The zero-order chi connectivity index (χ0) is 8.69. The van der Waals surface area contributed by atoms with Gasteiger partial charge in [-0.1, -0.05) is 17.7 Å². The lowest BCUT2D eigenvalue weighted by Gasteiger charge is -1.90. The van der Waals surface area contributed by atoms with Gasteiger partial charge in [0.1, 0.15) is 6.29 Å². The summed E-state index contributed by atoms with van der Waals surface area (Å²) in [5.74, 6) is 0. The molecule has 2 nitrogen and oxygen atoms in total. The largest absolute Gasteiger partial charge is 0.515 e. The molecule has 0 rings (SSSR count). The fourth-order valence-corrected chi connectivity index (χ4v) is 0.636. The quantitative estimate of drug-likeness (QED) is 0.291. The molecule has 0 amide bonds. The summed E-state index contributed by atoms with van der Waals surface area (Å²) in [7, 11) is 0. The van der Waals surface area contributed by atoms with E-state index in [4.69, 9.17) is 5.11 Å². The van der Waals surface area contributed by atoms with Crippen molar-refractivity contribution in [1.29, 1.82) is 0 Å². The average molecular weight is 152 g/mol. The van der Waals surface area contributed by atoms with Crippen LogP contribution in [0.3, 0.4) is 0 Å². The van der Waals surface area contributed by atoms with Gasteiger partial charge in [0.15, 0.2) is 0 Å². The molecule has 0 spiro atoms. The highest BCUT2D eigenvalue weighted by Crippen LogP contribution is 2.01. The van der Waals surface area contributed by atoms with Gasteiger partial charge in [0.25, 0.3) is 0 Å². The molecular formula is C9H12O2. The van der Waals surface area contributed by atoms with E-state index in [2.05, 4.69) is 0 Å². The van der Waals surface area contributed by atoms with Crippen LogP contribution in [0.4, 0.5) is 0 Å². The Balaban J connectivity index is 4.22. The Hall–Kier alpha value is -1.31. The summed E-state index contributed by atoms with van der Waals surface area (Å²) >= 11 is 0. The highest BCUT2D eigenvalue weighted by atomic mass is 16.2. The fourth-order valence-electron chi connectivity index (χ4n) is 0.636. The van der Waals surface area contributed by atoms with Crippen molar-refractivity contribution in [2.75, 3.05) is 0 Å². The van der Waals surface area contributed by atoms with E-state index in [0.29, 0.717) is 0 Å². The minimum absolute atomic E-state index is 0.718. The van der Waals surface area contributed by atoms with Crippen molar-refractivity contribution in [3.05, 3.63) is 35.6 Å². The summed E-state index contributed by atoms with van der Waals surface area (Å²) in [4.78, 5) is 9.89. The van der Waals surface area contributed by atoms with Gasteiger partial charge in [-0.25, -0.2) is 0 Å². The molecule has 0 heterocycles. The third kappa shape index (κ3) is 5.15. The lowest BCUT2D eigenvalue weighted by Crippen LogP contribution is -1.73. The fraction of sp³-hybridized carbons (Fsp3) is 0.222. The van der Waals surface area contributed by atoms with Gasteiger partial charge in [-0.15, -0.1) is 0 Å². The molecule has 0 aromatic carbocycles. The third-order valence-corrected chi connectivity index (χ3v) is 1.10. The molecule has 0 unspecified atom stereocenters. The summed E-state index contributed by atoms with van der Waals surface area (Å²) in [5.41, 5.74) is 1.69. The molecule has 0 aliphatic heterocycles. The van der Waals surface area contributed by atoms with Gasteiger partial charge in [0.05, 0.1) is 6.26 Å². The van der Waals surface area contributed by atoms with Gasteiger partial charge in [0, 0.05) is 0 Å². The molecule has 0 aromatic heterocycles. The van der Waals surface area contributed by atoms with Gasteiger partial charge in [-0.2, -0.15) is 0 Å². The zero-order valence-electron chi connectivity index (χ0n) is 6.74. The van der Waals surface area contributed by atoms with Crippen molar-refractivity contribution in [1.82, 2.24) is 0 Å². The van der Waals surface area contributed by atoms with E-state index in [1.165, 1.54) is 6.08 Å². The number of hydrogen-bond acceptors (Lipinski definition) is 2. The molecule has 0 aliphatic rings. The zero-order valence-corrected chi connectivity index (χ0v) is 6.74. The van der Waals surface area contributed by atoms with Crippen LogP contribution in [0, 0.1) is 0 Å². The molecule has 0 atom stereocenters. The molecule has 11 heavy (non-hydrogen) atoms. The molecule has 0 aromatic rings. The maximum Gasteiger partial charge on any atom is 0.142 e. The first kappa shape index (κ1) is 9.69. The molecule has 0 saturated heterocycles. The second-order valence-corrected chi connectivity index (χ2v) is 2.26. The summed E-state index contributed by atoms with van der Waals surface area (Å²) in [6.07, 6.45) is 6.62. The van der Waals surface area contributed by atoms with Crippen LogP contribution in [0.25, 0.3) is 0 Å². The maximum absolute atomic E-state index is 9.89. The number of carbonyl (C=O) groups excluding carboxylic acids is 1. The van der Waals surface area contributed by atoms with E-state index in [1.54, 1.807) is 19.1 Å². The van der Waals surface area contributed by atoms with Crippen LogP contribution in [0.1, 0.15) is 13.8 Å². The van der Waals surface area contributed by atoms with Crippen molar-refractivity contribution < 1.29 is 9.90 Å². The van der Waals surface area contributed by atoms with Crippen LogP contribution < -0.4 is 0 Å². The Bertz CT molecular complexity index is 210. The summed E-state index contributed by atoms with van der Waals surface area (Å²) in [6, 6.07) is 0. The van der Waals surface area contributed by atoms with E-state index in [1.807, 2.05) is 6.92 Å². The summed E-state index contributed by atoms with van der Waals surface area (Å²) in [5, 5.41) is 8.51. The molecule has 0 fully saturated rings. The van der Waals surface area contributed by atoms with E-state index < -0.39 is 0 Å². The number of carbonyl (C=O) groups is 1. The smallest absolute Gasteiger partial charge is 0.142 e. The molecule has 0 aliphatic carbocycles. The lowest BCUT2D eigenvalue weighted by atomic mass is 10.2. The third-order valence-electron chi connectivity index (χ3n) is 1.10. The molecule has 1 N–H and O–H groups in total. The highest BCUT2D eigenvalue weighted by Gasteiger charge is 1.83. The van der Waals surface area contributed by atoms with Gasteiger partial charge in [-0.05, 0) is 25.5 Å². The Labute approximate surface area is 66.5 Å². The second kappa shape index (κ2) is 5.47. The van der Waals surface area contributed by atoms with Crippen LogP contribution in [0.5, 0.6) is 0 Å². The predicted molar refractivity (Wildman–Crippen MR) is 45.3 cm³/mol. The standard InChI is InChI=1S/C9H12O2/c1-8(4-3-5-10)6-9(2)7-11/h3-7,11H,1-2H3/b4-3?,8-6?,9-7-. The van der Waals surface area contributed by atoms with Crippen LogP contribution in [-0.2, 0) is 4.79 Å². The molecular weight excluding hydrogens is 140 g/mol. The monoisotopic (exact) mass is 152 g/mol. The second-order valence-electron chi connectivity index (χ2n) is 2.26. The van der Waals surface area contributed by atoms with Crippen molar-refractivity contribution in [2.45, 2.75) is 13.8 Å². The van der Waals surface area contributed by atoms with E-state index in [0.717, 1.165) is 23.7 Å². The van der Waals surface area contributed by atoms with Crippen molar-refractivity contribution >= 4 is 6.29 Å². The molecule has 60 valence electrons. The Morgan fingerprint density at radius 2 is 1.91 bits per heavy atom. The molecule has 0 saturated carbocycles. The Morgan fingerprint density at radius 1 is 1.27 bits per heavy atom. The number of allylic oxidation sites excluding steroid dienone is 5. The van der Waals surface area contributed by atoms with E-state index in [-0.39, 0.29) is 0 Å². The van der Waals surface area contributed by atoms with Crippen LogP contribution in [-0.4, -0.2) is 11.4 Å². The van der Waals surface area contributed by atoms with Gasteiger partial charge in [0.2, 0.25) is 0 Å². The average Bonchev–Trinajstić information content (AvgIpc) is 2.00. The lowest BCUT2D eigenvalue weighted by molar-refractivity contribution is -0.104. The molecule has 0 radical (unpaired) electrons. The summed E-state index contributed by atoms with van der Waals surface area (Å²) < 4.78 is 0. The number of aliphatic hydroxyl groups excluding tert-OH is 1. The predicted octanol–water partition coefficient (Wildman–Crippen LogP) is 2.15. The van der Waals surface area contributed by atoms with Crippen molar-refractivity contribution in [2.24, 2.45) is 0 Å². The minimum atomic E-state index is 0.718. The number of rotatable bonds is 3. The van der Waals surface area contributed by atoms with Gasteiger partial charge < -0.3 is 5.11 Å². The minimum Gasteiger partial charge on any atom is -0.515 e. The maximum atomic E-state index is 9.89. The van der Waals surface area contributed by atoms with Crippen LogP contribution in [0.15, 0.2) is 35.6 Å². The topological polar surface area (TPSA) is 37.3 Å². The van der Waals surface area contributed by atoms with Crippen molar-refractivity contribution in [3.8, 4) is 0 Å². The van der Waals surface area contributed by atoms with E-state index in [9.17, 15) is 4.79 Å². The Kier molecular flexibility index (Phi) is 4.82. The van der Waals surface area contributed by atoms with Crippen LogP contribution in [0.2, 0.25) is 0 Å². The molecule has 0 bridgehead atoms. The van der Waals surface area contributed by atoms with Crippen LogP contribution >= 0.6 is 0 Å². The van der Waals surface area contributed by atoms with Gasteiger partial charge >= 0.3 is 0 Å². The molecule has 2 heteroatoms. The first-order valence-corrected chi connectivity index (χ1v) is 3.32. The van der Waals surface area contributed by atoms with Crippen molar-refractivity contribution in [3.63, 3.8) is 0 Å². The number of aliphatic hydroxyl groups is 1.